The zero-order valence-corrected chi connectivity index (χ0v) is 12.8. The van der Waals surface area contributed by atoms with E-state index >= 15 is 0 Å². The maximum Gasteiger partial charge on any atom is 0.239 e. The summed E-state index contributed by atoms with van der Waals surface area (Å²) in [6.07, 6.45) is 1.91. The lowest BCUT2D eigenvalue weighted by Crippen LogP contribution is -2.32. The first-order valence-corrected chi connectivity index (χ1v) is 6.62. The number of carbonyl (C=O) groups is 1. The van der Waals surface area contributed by atoms with Crippen molar-refractivity contribution in [1.29, 1.82) is 0 Å². The van der Waals surface area contributed by atoms with Gasteiger partial charge in [-0.2, -0.15) is 0 Å². The minimum Gasteiger partial charge on any atom is -0.479 e. The number of hydrogen-bond acceptors (Lipinski definition) is 5. The van der Waals surface area contributed by atoms with Crippen LogP contribution < -0.4 is 20.7 Å². The smallest absolute Gasteiger partial charge is 0.239 e. The molecule has 112 valence electrons. The highest BCUT2D eigenvalue weighted by molar-refractivity contribution is 5.96. The van der Waals surface area contributed by atoms with E-state index in [4.69, 9.17) is 10.5 Å². The Hall–Kier alpha value is -1.82. The van der Waals surface area contributed by atoms with Crippen LogP contribution in [0.25, 0.3) is 0 Å². The lowest BCUT2D eigenvalue weighted by Gasteiger charge is -2.20. The Morgan fingerprint density at radius 1 is 1.50 bits per heavy atom. The number of methoxy groups -OCH3 is 1. The number of pyridine rings is 1. The number of anilines is 2. The van der Waals surface area contributed by atoms with E-state index in [0.29, 0.717) is 11.6 Å². The fraction of sp³-hybridized carbons (Fsp3) is 0.571. The predicted molar refractivity (Wildman–Crippen MR) is 81.2 cm³/mol. The van der Waals surface area contributed by atoms with Gasteiger partial charge in [-0.15, -0.1) is 0 Å². The first-order valence-electron chi connectivity index (χ1n) is 6.62. The van der Waals surface area contributed by atoms with E-state index in [2.05, 4.69) is 10.3 Å². The third-order valence-corrected chi connectivity index (χ3v) is 3.11. The molecule has 1 heterocycles. The van der Waals surface area contributed by atoms with E-state index in [1.165, 1.54) is 7.11 Å². The Labute approximate surface area is 120 Å². The fourth-order valence-electron chi connectivity index (χ4n) is 1.72. The molecule has 0 radical (unpaired) electrons. The highest BCUT2D eigenvalue weighted by atomic mass is 16.5. The van der Waals surface area contributed by atoms with Crippen LogP contribution in [0.2, 0.25) is 0 Å². The molecule has 0 aromatic carbocycles. The molecule has 0 fully saturated rings. The topological polar surface area (TPSA) is 80.5 Å². The van der Waals surface area contributed by atoms with Gasteiger partial charge >= 0.3 is 0 Å². The Balaban J connectivity index is 2.93. The summed E-state index contributed by atoms with van der Waals surface area (Å²) < 4.78 is 5.21. The number of amides is 1. The van der Waals surface area contributed by atoms with Crippen molar-refractivity contribution in [3.8, 4) is 5.88 Å². The minimum atomic E-state index is -0.166. The summed E-state index contributed by atoms with van der Waals surface area (Å²) >= 11 is 0. The molecular weight excluding hydrogens is 256 g/mol. The zero-order chi connectivity index (χ0) is 15.3. The van der Waals surface area contributed by atoms with Crippen molar-refractivity contribution in [2.75, 3.05) is 31.4 Å². The van der Waals surface area contributed by atoms with Gasteiger partial charge in [0.05, 0.1) is 12.8 Å². The summed E-state index contributed by atoms with van der Waals surface area (Å²) in [7, 11) is 5.31. The minimum absolute atomic E-state index is 0.138. The standard InChI is InChI=1S/C14H24N4O2/c1-9(2)10(15)8-12(19)17-13-11(18(3)4)6-7-16-14(13)20-5/h6-7,9-10H,8,15H2,1-5H3,(H,17,19). The van der Waals surface area contributed by atoms with E-state index in [0.717, 1.165) is 5.69 Å². The van der Waals surface area contributed by atoms with Crippen LogP contribution in [0.5, 0.6) is 5.88 Å². The van der Waals surface area contributed by atoms with Crippen LogP contribution in [0, 0.1) is 5.92 Å². The average Bonchev–Trinajstić information content (AvgIpc) is 2.38. The molecule has 0 saturated heterocycles. The van der Waals surface area contributed by atoms with Gasteiger partial charge < -0.3 is 20.7 Å². The van der Waals surface area contributed by atoms with Crippen LogP contribution in [-0.4, -0.2) is 38.1 Å². The largest absolute Gasteiger partial charge is 0.479 e. The number of nitrogens with two attached hydrogens (primary N) is 1. The van der Waals surface area contributed by atoms with Crippen molar-refractivity contribution in [3.63, 3.8) is 0 Å². The number of hydrogen-bond donors (Lipinski definition) is 2. The summed E-state index contributed by atoms with van der Waals surface area (Å²) in [6, 6.07) is 1.65. The van der Waals surface area contributed by atoms with Crippen LogP contribution in [0.15, 0.2) is 12.3 Å². The maximum atomic E-state index is 12.1. The lowest BCUT2D eigenvalue weighted by atomic mass is 10.0. The molecule has 0 bridgehead atoms. The molecule has 6 heteroatoms. The van der Waals surface area contributed by atoms with Gasteiger partial charge in [-0.25, -0.2) is 4.98 Å². The monoisotopic (exact) mass is 280 g/mol. The van der Waals surface area contributed by atoms with Crippen LogP contribution in [0.3, 0.4) is 0 Å². The number of rotatable bonds is 6. The van der Waals surface area contributed by atoms with Gasteiger partial charge in [0.2, 0.25) is 11.8 Å². The Kier molecular flexibility index (Phi) is 5.76. The van der Waals surface area contributed by atoms with Gasteiger partial charge in [-0.1, -0.05) is 13.8 Å². The molecule has 6 nitrogen and oxygen atoms in total. The Morgan fingerprint density at radius 2 is 2.15 bits per heavy atom. The molecule has 1 amide bonds. The molecule has 0 saturated carbocycles. The number of aromatic nitrogens is 1. The first-order chi connectivity index (χ1) is 9.36. The van der Waals surface area contributed by atoms with Crippen molar-refractivity contribution < 1.29 is 9.53 Å². The van der Waals surface area contributed by atoms with Crippen LogP contribution in [0.1, 0.15) is 20.3 Å². The van der Waals surface area contributed by atoms with Crippen LogP contribution in [0.4, 0.5) is 11.4 Å². The van der Waals surface area contributed by atoms with Crippen LogP contribution >= 0.6 is 0 Å². The molecule has 0 aliphatic rings. The van der Waals surface area contributed by atoms with Gasteiger partial charge in [0.1, 0.15) is 5.69 Å². The fourth-order valence-corrected chi connectivity index (χ4v) is 1.72. The highest BCUT2D eigenvalue weighted by Gasteiger charge is 2.18. The number of ether oxygens (including phenoxy) is 1. The first kappa shape index (κ1) is 16.2. The van der Waals surface area contributed by atoms with E-state index < -0.39 is 0 Å². The summed E-state index contributed by atoms with van der Waals surface area (Å²) in [5.74, 6) is 0.508. The molecule has 0 aliphatic heterocycles. The molecule has 20 heavy (non-hydrogen) atoms. The van der Waals surface area contributed by atoms with E-state index in [1.54, 1.807) is 6.20 Å². The summed E-state index contributed by atoms with van der Waals surface area (Å²) in [4.78, 5) is 18.1. The van der Waals surface area contributed by atoms with Crippen LogP contribution in [-0.2, 0) is 4.79 Å². The highest BCUT2D eigenvalue weighted by Crippen LogP contribution is 2.32. The average molecular weight is 280 g/mol. The molecule has 3 N–H and O–H groups in total. The van der Waals surface area contributed by atoms with Gasteiger partial charge in [0.25, 0.3) is 0 Å². The molecule has 1 unspecified atom stereocenters. The maximum absolute atomic E-state index is 12.1. The van der Waals surface area contributed by atoms with Gasteiger partial charge in [-0.05, 0) is 12.0 Å². The molecule has 0 spiro atoms. The number of nitrogens with zero attached hydrogens (tertiary/aromatic N) is 2. The number of nitrogens with one attached hydrogen (secondary N) is 1. The van der Waals surface area contributed by atoms with E-state index in [9.17, 15) is 4.79 Å². The van der Waals surface area contributed by atoms with Crippen molar-refractivity contribution in [1.82, 2.24) is 4.98 Å². The second-order valence-corrected chi connectivity index (χ2v) is 5.27. The van der Waals surface area contributed by atoms with Gasteiger partial charge in [0, 0.05) is 32.8 Å². The Morgan fingerprint density at radius 3 is 2.65 bits per heavy atom. The summed E-state index contributed by atoms with van der Waals surface area (Å²) in [6.45, 7) is 3.99. The predicted octanol–water partition coefficient (Wildman–Crippen LogP) is 1.47. The second-order valence-electron chi connectivity index (χ2n) is 5.27. The van der Waals surface area contributed by atoms with E-state index in [1.807, 2.05) is 38.9 Å². The summed E-state index contributed by atoms with van der Waals surface area (Å²) in [5.41, 5.74) is 7.33. The lowest BCUT2D eigenvalue weighted by molar-refractivity contribution is -0.116. The van der Waals surface area contributed by atoms with Crippen molar-refractivity contribution >= 4 is 17.3 Å². The third-order valence-electron chi connectivity index (χ3n) is 3.11. The SMILES string of the molecule is COc1nccc(N(C)C)c1NC(=O)CC(N)C(C)C. The molecule has 1 aromatic heterocycles. The Bertz CT molecular complexity index is 460. The van der Waals surface area contributed by atoms with Crippen molar-refractivity contribution in [3.05, 3.63) is 12.3 Å². The molecule has 1 aromatic rings. The molecular formula is C14H24N4O2. The van der Waals surface area contributed by atoms with Crippen molar-refractivity contribution in [2.24, 2.45) is 11.7 Å². The van der Waals surface area contributed by atoms with Gasteiger partial charge in [0.15, 0.2) is 0 Å². The number of carbonyl (C=O) groups excluding carboxylic acids is 1. The van der Waals surface area contributed by atoms with Gasteiger partial charge in [-0.3, -0.25) is 4.79 Å². The van der Waals surface area contributed by atoms with Crippen molar-refractivity contribution in [2.45, 2.75) is 26.3 Å². The molecule has 0 aliphatic carbocycles. The summed E-state index contributed by atoms with van der Waals surface area (Å²) in [5, 5.41) is 2.85. The molecule has 1 rings (SSSR count). The third kappa shape index (κ3) is 4.09. The normalized spacial score (nSPS) is 12.2. The van der Waals surface area contributed by atoms with E-state index in [-0.39, 0.29) is 24.3 Å². The molecule has 1 atom stereocenters. The zero-order valence-electron chi connectivity index (χ0n) is 12.8. The second kappa shape index (κ2) is 7.09. The quantitative estimate of drug-likeness (QED) is 0.824.